The summed E-state index contributed by atoms with van der Waals surface area (Å²) in [5.41, 5.74) is 1.03. The van der Waals surface area contributed by atoms with Crippen molar-refractivity contribution >= 4 is 6.03 Å². The maximum atomic E-state index is 13.0. The van der Waals surface area contributed by atoms with Crippen LogP contribution in [0.25, 0.3) is 0 Å². The van der Waals surface area contributed by atoms with E-state index in [1.807, 2.05) is 31.1 Å². The lowest BCUT2D eigenvalue weighted by molar-refractivity contribution is 0.145. The number of rotatable bonds is 7. The van der Waals surface area contributed by atoms with Crippen molar-refractivity contribution in [3.8, 4) is 5.75 Å². The van der Waals surface area contributed by atoms with Gasteiger partial charge in [-0.3, -0.25) is 0 Å². The molecular formula is C20H33N3O2. The summed E-state index contributed by atoms with van der Waals surface area (Å²) in [5, 5.41) is 12.7. The van der Waals surface area contributed by atoms with Crippen molar-refractivity contribution < 1.29 is 9.90 Å². The van der Waals surface area contributed by atoms with Gasteiger partial charge in [0.05, 0.1) is 6.04 Å². The number of likely N-dealkylation sites (N-methyl/N-ethyl adjacent to an activating group) is 1. The lowest BCUT2D eigenvalue weighted by atomic mass is 9.94. The van der Waals surface area contributed by atoms with Gasteiger partial charge in [0.1, 0.15) is 5.75 Å². The highest BCUT2D eigenvalue weighted by Crippen LogP contribution is 2.24. The van der Waals surface area contributed by atoms with E-state index >= 15 is 0 Å². The monoisotopic (exact) mass is 347 g/mol. The number of hydrogen-bond acceptors (Lipinski definition) is 3. The third-order valence-electron chi connectivity index (χ3n) is 5.07. The zero-order chi connectivity index (χ0) is 18.2. The van der Waals surface area contributed by atoms with E-state index in [0.717, 1.165) is 37.9 Å². The molecule has 0 aliphatic heterocycles. The Balaban J connectivity index is 2.06. The molecule has 1 saturated carbocycles. The van der Waals surface area contributed by atoms with Crippen LogP contribution in [0.15, 0.2) is 24.3 Å². The Morgan fingerprint density at radius 3 is 2.36 bits per heavy atom. The molecule has 1 aliphatic carbocycles. The van der Waals surface area contributed by atoms with Crippen molar-refractivity contribution in [3.63, 3.8) is 0 Å². The Hall–Kier alpha value is -1.75. The van der Waals surface area contributed by atoms with Gasteiger partial charge in [-0.2, -0.15) is 0 Å². The molecule has 1 aliphatic rings. The molecular weight excluding hydrogens is 314 g/mol. The smallest absolute Gasteiger partial charge is 0.318 e. The van der Waals surface area contributed by atoms with Gasteiger partial charge in [0.15, 0.2) is 0 Å². The summed E-state index contributed by atoms with van der Waals surface area (Å²) in [6.07, 6.45) is 6.75. The lowest BCUT2D eigenvalue weighted by Crippen LogP contribution is -2.50. The van der Waals surface area contributed by atoms with E-state index < -0.39 is 0 Å². The maximum absolute atomic E-state index is 13.0. The van der Waals surface area contributed by atoms with Gasteiger partial charge in [-0.05, 0) is 51.1 Å². The van der Waals surface area contributed by atoms with Gasteiger partial charge in [-0.1, -0.05) is 38.3 Å². The average Bonchev–Trinajstić information content (AvgIpc) is 2.61. The molecule has 0 radical (unpaired) electrons. The van der Waals surface area contributed by atoms with E-state index in [1.54, 1.807) is 12.1 Å². The number of benzene rings is 1. The summed E-state index contributed by atoms with van der Waals surface area (Å²) in [6.45, 7) is 3.71. The second-order valence-corrected chi connectivity index (χ2v) is 7.29. The van der Waals surface area contributed by atoms with Gasteiger partial charge in [0.25, 0.3) is 0 Å². The standard InChI is InChI=1S/C20H33N3O2/c1-4-19(16-10-12-18(24)13-11-16)21-20(25)23(15-14-22(2)3)17-8-6-5-7-9-17/h10-13,17,19,24H,4-9,14-15H2,1-3H3,(H,21,25)/t19-/m0/s1. The molecule has 0 saturated heterocycles. The van der Waals surface area contributed by atoms with Gasteiger partial charge >= 0.3 is 6.03 Å². The SMILES string of the molecule is CC[C@H](NC(=O)N(CCN(C)C)C1CCCCC1)c1ccc(O)cc1. The predicted octanol–water partition coefficient (Wildman–Crippen LogP) is 3.75. The van der Waals surface area contributed by atoms with Crippen molar-refractivity contribution in [1.82, 2.24) is 15.1 Å². The van der Waals surface area contributed by atoms with Crippen LogP contribution in [0.1, 0.15) is 57.1 Å². The topological polar surface area (TPSA) is 55.8 Å². The summed E-state index contributed by atoms with van der Waals surface area (Å²) < 4.78 is 0. The number of nitrogens with one attached hydrogen (secondary N) is 1. The lowest BCUT2D eigenvalue weighted by Gasteiger charge is -2.36. The van der Waals surface area contributed by atoms with E-state index in [2.05, 4.69) is 17.1 Å². The highest BCUT2D eigenvalue weighted by molar-refractivity contribution is 5.75. The summed E-state index contributed by atoms with van der Waals surface area (Å²) in [7, 11) is 4.09. The molecule has 2 amide bonds. The molecule has 1 atom stereocenters. The Labute approximate surface area is 152 Å². The molecule has 5 nitrogen and oxygen atoms in total. The molecule has 2 N–H and O–H groups in total. The van der Waals surface area contributed by atoms with E-state index in [1.165, 1.54) is 19.3 Å². The Kier molecular flexibility index (Phi) is 7.56. The van der Waals surface area contributed by atoms with Crippen LogP contribution in [-0.2, 0) is 0 Å². The Morgan fingerprint density at radius 1 is 1.16 bits per heavy atom. The number of nitrogens with zero attached hydrogens (tertiary/aromatic N) is 2. The molecule has 0 heterocycles. The van der Waals surface area contributed by atoms with Crippen LogP contribution in [0.4, 0.5) is 4.79 Å². The van der Waals surface area contributed by atoms with Crippen molar-refractivity contribution in [1.29, 1.82) is 0 Å². The second kappa shape index (κ2) is 9.66. The first-order chi connectivity index (χ1) is 12.0. The van der Waals surface area contributed by atoms with Crippen molar-refractivity contribution in [2.45, 2.75) is 57.5 Å². The minimum absolute atomic E-state index is 0.0291. The summed E-state index contributed by atoms with van der Waals surface area (Å²) in [6, 6.07) is 7.48. The molecule has 1 fully saturated rings. The Morgan fingerprint density at radius 2 is 1.80 bits per heavy atom. The fourth-order valence-electron chi connectivity index (χ4n) is 3.51. The van der Waals surface area contributed by atoms with Crippen LogP contribution >= 0.6 is 0 Å². The summed E-state index contributed by atoms with van der Waals surface area (Å²) in [5.74, 6) is 0.250. The number of urea groups is 1. The van der Waals surface area contributed by atoms with Crippen molar-refractivity contribution in [2.75, 3.05) is 27.2 Å². The van der Waals surface area contributed by atoms with Crippen LogP contribution in [0.2, 0.25) is 0 Å². The molecule has 0 unspecified atom stereocenters. The minimum Gasteiger partial charge on any atom is -0.508 e. The van der Waals surface area contributed by atoms with E-state index in [4.69, 9.17) is 0 Å². The van der Waals surface area contributed by atoms with Crippen LogP contribution in [0.5, 0.6) is 5.75 Å². The molecule has 2 rings (SSSR count). The van der Waals surface area contributed by atoms with E-state index in [0.29, 0.717) is 6.04 Å². The number of carbonyl (C=O) groups excluding carboxylic acids is 1. The van der Waals surface area contributed by atoms with Crippen molar-refractivity contribution in [3.05, 3.63) is 29.8 Å². The number of hydrogen-bond donors (Lipinski definition) is 2. The number of carbonyl (C=O) groups is 1. The van der Waals surface area contributed by atoms with Gasteiger partial charge in [0, 0.05) is 19.1 Å². The van der Waals surface area contributed by atoms with Crippen LogP contribution in [0, 0.1) is 0 Å². The molecule has 1 aromatic rings. The minimum atomic E-state index is -0.0291. The number of phenols is 1. The molecule has 5 heteroatoms. The largest absolute Gasteiger partial charge is 0.508 e. The summed E-state index contributed by atoms with van der Waals surface area (Å²) >= 11 is 0. The van der Waals surface area contributed by atoms with E-state index in [9.17, 15) is 9.90 Å². The summed E-state index contributed by atoms with van der Waals surface area (Å²) in [4.78, 5) is 17.2. The predicted molar refractivity (Wildman–Crippen MR) is 102 cm³/mol. The molecule has 0 bridgehead atoms. The molecule has 140 valence electrons. The Bertz CT molecular complexity index is 524. The highest BCUT2D eigenvalue weighted by Gasteiger charge is 2.26. The molecule has 0 aromatic heterocycles. The first-order valence-electron chi connectivity index (χ1n) is 9.52. The van der Waals surface area contributed by atoms with Crippen molar-refractivity contribution in [2.24, 2.45) is 0 Å². The fraction of sp³-hybridized carbons (Fsp3) is 0.650. The second-order valence-electron chi connectivity index (χ2n) is 7.29. The fourth-order valence-corrected chi connectivity index (χ4v) is 3.51. The zero-order valence-electron chi connectivity index (χ0n) is 15.9. The van der Waals surface area contributed by atoms with Crippen LogP contribution in [-0.4, -0.2) is 54.2 Å². The first kappa shape index (κ1) is 19.6. The quantitative estimate of drug-likeness (QED) is 0.790. The van der Waals surface area contributed by atoms with E-state index in [-0.39, 0.29) is 17.8 Å². The van der Waals surface area contributed by atoms with Crippen LogP contribution in [0.3, 0.4) is 0 Å². The molecule has 1 aromatic carbocycles. The number of phenolic OH excluding ortho intramolecular Hbond substituents is 1. The highest BCUT2D eigenvalue weighted by atomic mass is 16.3. The molecule has 0 spiro atoms. The first-order valence-corrected chi connectivity index (χ1v) is 9.52. The number of amides is 2. The molecule has 25 heavy (non-hydrogen) atoms. The normalized spacial score (nSPS) is 16.6. The maximum Gasteiger partial charge on any atom is 0.318 e. The van der Waals surface area contributed by atoms with Crippen LogP contribution < -0.4 is 5.32 Å². The van der Waals surface area contributed by atoms with Gasteiger partial charge in [-0.25, -0.2) is 4.79 Å². The average molecular weight is 348 g/mol. The number of aromatic hydroxyl groups is 1. The van der Waals surface area contributed by atoms with Gasteiger partial charge in [-0.15, -0.1) is 0 Å². The third kappa shape index (κ3) is 5.92. The third-order valence-corrected chi connectivity index (χ3v) is 5.07. The zero-order valence-corrected chi connectivity index (χ0v) is 15.9. The van der Waals surface area contributed by atoms with Gasteiger partial charge in [0.2, 0.25) is 0 Å². The van der Waals surface area contributed by atoms with Gasteiger partial charge < -0.3 is 20.2 Å².